The van der Waals surface area contributed by atoms with E-state index in [9.17, 15) is 5.11 Å². The Morgan fingerprint density at radius 1 is 1.32 bits per heavy atom. The first-order valence-corrected chi connectivity index (χ1v) is 6.83. The topological polar surface area (TPSA) is 63.6 Å². The zero-order valence-corrected chi connectivity index (χ0v) is 11.3. The van der Waals surface area contributed by atoms with Gasteiger partial charge in [0, 0.05) is 30.1 Å². The zero-order valence-electron chi connectivity index (χ0n) is 10.5. The van der Waals surface area contributed by atoms with Crippen molar-refractivity contribution in [3.63, 3.8) is 0 Å². The molecule has 0 saturated carbocycles. The van der Waals surface area contributed by atoms with E-state index in [4.69, 9.17) is 9.47 Å². The molecule has 100 valence electrons. The third-order valence-electron chi connectivity index (χ3n) is 2.86. The van der Waals surface area contributed by atoms with Gasteiger partial charge in [0.15, 0.2) is 11.5 Å². The summed E-state index contributed by atoms with van der Waals surface area (Å²) in [6.07, 6.45) is 0. The van der Waals surface area contributed by atoms with Crippen LogP contribution < -0.4 is 14.8 Å². The number of nitrogens with zero attached hydrogens (tertiary/aromatic N) is 1. The molecule has 0 atom stereocenters. The highest BCUT2D eigenvalue weighted by molar-refractivity contribution is 7.09. The van der Waals surface area contributed by atoms with Crippen molar-refractivity contribution in [2.45, 2.75) is 20.0 Å². The minimum absolute atomic E-state index is 0.212. The molecule has 19 heavy (non-hydrogen) atoms. The van der Waals surface area contributed by atoms with Gasteiger partial charge in [-0.1, -0.05) is 0 Å². The quantitative estimate of drug-likeness (QED) is 0.897. The van der Waals surface area contributed by atoms with Gasteiger partial charge in [0.05, 0.1) is 10.7 Å². The largest absolute Gasteiger partial charge is 0.507 e. The predicted molar refractivity (Wildman–Crippen MR) is 71.6 cm³/mol. The number of rotatable bonds is 4. The maximum atomic E-state index is 9.89. The van der Waals surface area contributed by atoms with Crippen LogP contribution in [0.4, 0.5) is 0 Å². The number of hydrogen-bond donors (Lipinski definition) is 2. The Morgan fingerprint density at radius 2 is 2.11 bits per heavy atom. The first-order chi connectivity index (χ1) is 9.22. The summed E-state index contributed by atoms with van der Waals surface area (Å²) in [5, 5.41) is 16.2. The smallest absolute Gasteiger partial charge is 0.231 e. The van der Waals surface area contributed by atoms with Gasteiger partial charge in [-0.15, -0.1) is 11.3 Å². The highest BCUT2D eigenvalue weighted by Gasteiger charge is 2.16. The van der Waals surface area contributed by atoms with E-state index in [1.807, 2.05) is 12.3 Å². The molecule has 1 aromatic carbocycles. The van der Waals surface area contributed by atoms with Gasteiger partial charge in [-0.3, -0.25) is 0 Å². The highest BCUT2D eigenvalue weighted by atomic mass is 32.1. The van der Waals surface area contributed by atoms with E-state index < -0.39 is 0 Å². The summed E-state index contributed by atoms with van der Waals surface area (Å²) in [6.45, 7) is 3.43. The molecule has 6 heteroatoms. The van der Waals surface area contributed by atoms with E-state index in [1.54, 1.807) is 23.5 Å². The van der Waals surface area contributed by atoms with Crippen LogP contribution in [0.1, 0.15) is 16.3 Å². The molecule has 2 aromatic rings. The van der Waals surface area contributed by atoms with Crippen LogP contribution in [0.25, 0.3) is 0 Å². The predicted octanol–water partition coefficient (Wildman–Crippen LogP) is 2.18. The molecule has 1 aromatic heterocycles. The average Bonchev–Trinajstić information content (AvgIpc) is 2.98. The molecular formula is C13H14N2O3S. The second-order valence-electron chi connectivity index (χ2n) is 4.30. The third kappa shape index (κ3) is 2.64. The number of ether oxygens (including phenoxy) is 2. The third-order valence-corrected chi connectivity index (χ3v) is 3.68. The molecule has 0 fully saturated rings. The molecule has 0 radical (unpaired) electrons. The van der Waals surface area contributed by atoms with Gasteiger partial charge >= 0.3 is 0 Å². The summed E-state index contributed by atoms with van der Waals surface area (Å²) < 4.78 is 10.5. The van der Waals surface area contributed by atoms with Crippen LogP contribution in [-0.2, 0) is 13.1 Å². The Bertz CT molecular complexity index is 598. The number of aromatic hydroxyl groups is 1. The van der Waals surface area contributed by atoms with Gasteiger partial charge < -0.3 is 19.9 Å². The fourth-order valence-electron chi connectivity index (χ4n) is 1.93. The molecule has 3 rings (SSSR count). The van der Waals surface area contributed by atoms with Crippen molar-refractivity contribution in [2.24, 2.45) is 0 Å². The highest BCUT2D eigenvalue weighted by Crippen LogP contribution is 2.37. The average molecular weight is 278 g/mol. The summed E-state index contributed by atoms with van der Waals surface area (Å²) in [4.78, 5) is 4.37. The SMILES string of the molecule is Cc1nc(CNCc2cc3c(cc2O)OCO3)cs1. The lowest BCUT2D eigenvalue weighted by Crippen LogP contribution is -2.13. The Kier molecular flexibility index (Phi) is 3.27. The van der Waals surface area contributed by atoms with Gasteiger partial charge in [-0.05, 0) is 13.0 Å². The monoisotopic (exact) mass is 278 g/mol. The van der Waals surface area contributed by atoms with Crippen LogP contribution in [0.15, 0.2) is 17.5 Å². The number of phenolic OH excluding ortho intramolecular Hbond substituents is 1. The van der Waals surface area contributed by atoms with E-state index in [0.717, 1.165) is 16.3 Å². The summed E-state index contributed by atoms with van der Waals surface area (Å²) >= 11 is 1.63. The van der Waals surface area contributed by atoms with Crippen LogP contribution >= 0.6 is 11.3 Å². The number of aryl methyl sites for hydroxylation is 1. The van der Waals surface area contributed by atoms with E-state index in [1.165, 1.54) is 0 Å². The molecule has 1 aliphatic rings. The minimum atomic E-state index is 0.212. The first kappa shape index (κ1) is 12.3. The summed E-state index contributed by atoms with van der Waals surface area (Å²) in [6, 6.07) is 3.39. The van der Waals surface area contributed by atoms with Gasteiger partial charge in [0.25, 0.3) is 0 Å². The van der Waals surface area contributed by atoms with Crippen LogP contribution in [0.5, 0.6) is 17.2 Å². The standard InChI is InChI=1S/C13H14N2O3S/c1-8-15-10(6-19-8)5-14-4-9-2-12-13(3-11(9)16)18-7-17-12/h2-3,6,14,16H,4-5,7H2,1H3. The Balaban J connectivity index is 1.64. The van der Waals surface area contributed by atoms with Crippen molar-refractivity contribution >= 4 is 11.3 Å². The number of benzene rings is 1. The number of hydrogen-bond acceptors (Lipinski definition) is 6. The van der Waals surface area contributed by atoms with Crippen molar-refractivity contribution < 1.29 is 14.6 Å². The van der Waals surface area contributed by atoms with Crippen molar-refractivity contribution in [1.82, 2.24) is 10.3 Å². The molecule has 0 saturated heterocycles. The molecule has 0 bridgehead atoms. The van der Waals surface area contributed by atoms with Crippen LogP contribution in [-0.4, -0.2) is 16.9 Å². The van der Waals surface area contributed by atoms with Crippen LogP contribution in [0, 0.1) is 6.92 Å². The molecule has 2 N–H and O–H groups in total. The molecule has 0 unspecified atom stereocenters. The Labute approximate surface area is 114 Å². The maximum Gasteiger partial charge on any atom is 0.231 e. The Hall–Kier alpha value is -1.79. The molecule has 1 aliphatic heterocycles. The first-order valence-electron chi connectivity index (χ1n) is 5.95. The second kappa shape index (κ2) is 5.07. The minimum Gasteiger partial charge on any atom is -0.507 e. The van der Waals surface area contributed by atoms with Crippen LogP contribution in [0.3, 0.4) is 0 Å². The van der Waals surface area contributed by atoms with Crippen LogP contribution in [0.2, 0.25) is 0 Å². The molecule has 0 spiro atoms. The Morgan fingerprint density at radius 3 is 2.84 bits per heavy atom. The van der Waals surface area contributed by atoms with Crippen molar-refractivity contribution in [3.05, 3.63) is 33.8 Å². The molecule has 2 heterocycles. The number of thiazole rings is 1. The molecular weight excluding hydrogens is 264 g/mol. The normalized spacial score (nSPS) is 12.9. The van der Waals surface area contributed by atoms with Crippen molar-refractivity contribution in [3.8, 4) is 17.2 Å². The number of fused-ring (bicyclic) bond motifs is 1. The van der Waals surface area contributed by atoms with Gasteiger partial charge in [0.1, 0.15) is 5.75 Å². The fourth-order valence-corrected chi connectivity index (χ4v) is 2.54. The maximum absolute atomic E-state index is 9.89. The number of aromatic nitrogens is 1. The summed E-state index contributed by atoms with van der Waals surface area (Å²) in [5.74, 6) is 1.49. The fraction of sp³-hybridized carbons (Fsp3) is 0.308. The molecule has 0 aliphatic carbocycles. The second-order valence-corrected chi connectivity index (χ2v) is 5.36. The van der Waals surface area contributed by atoms with Crippen molar-refractivity contribution in [2.75, 3.05) is 6.79 Å². The van der Waals surface area contributed by atoms with E-state index in [0.29, 0.717) is 24.6 Å². The van der Waals surface area contributed by atoms with Gasteiger partial charge in [0.2, 0.25) is 6.79 Å². The zero-order chi connectivity index (χ0) is 13.2. The van der Waals surface area contributed by atoms with E-state index in [-0.39, 0.29) is 12.5 Å². The van der Waals surface area contributed by atoms with Gasteiger partial charge in [-0.25, -0.2) is 4.98 Å². The summed E-state index contributed by atoms with van der Waals surface area (Å²) in [5.41, 5.74) is 1.80. The van der Waals surface area contributed by atoms with E-state index in [2.05, 4.69) is 10.3 Å². The van der Waals surface area contributed by atoms with Crippen molar-refractivity contribution in [1.29, 1.82) is 0 Å². The summed E-state index contributed by atoms with van der Waals surface area (Å²) in [7, 11) is 0. The molecule has 0 amide bonds. The lowest BCUT2D eigenvalue weighted by molar-refractivity contribution is 0.174. The number of nitrogens with one attached hydrogen (secondary N) is 1. The van der Waals surface area contributed by atoms with E-state index >= 15 is 0 Å². The lowest BCUT2D eigenvalue weighted by atomic mass is 10.1. The van der Waals surface area contributed by atoms with Gasteiger partial charge in [-0.2, -0.15) is 0 Å². The number of phenols is 1. The lowest BCUT2D eigenvalue weighted by Gasteiger charge is -2.07. The molecule has 5 nitrogen and oxygen atoms in total.